The van der Waals surface area contributed by atoms with Gasteiger partial charge < -0.3 is 19.3 Å². The lowest BCUT2D eigenvalue weighted by Crippen LogP contribution is -2.23. The van der Waals surface area contributed by atoms with Gasteiger partial charge in [0.2, 0.25) is 11.5 Å². The van der Waals surface area contributed by atoms with Crippen LogP contribution in [0.1, 0.15) is 37.7 Å². The van der Waals surface area contributed by atoms with Crippen molar-refractivity contribution in [1.29, 1.82) is 0 Å². The van der Waals surface area contributed by atoms with E-state index in [4.69, 9.17) is 9.47 Å². The number of nitrogens with zero attached hydrogens (tertiary/aromatic N) is 4. The SMILES string of the molecule is COC(=O)c1nc2ccc(C)cn2c(=O)c1O.COC(=O)c1nc2ccc(C)cn2c(=O)c1OCc1ccccc1. The molecule has 4 heterocycles. The summed E-state index contributed by atoms with van der Waals surface area (Å²) in [6, 6.07) is 16.2. The fourth-order valence-electron chi connectivity index (χ4n) is 3.80. The van der Waals surface area contributed by atoms with Crippen molar-refractivity contribution in [3.63, 3.8) is 0 Å². The van der Waals surface area contributed by atoms with Crippen LogP contribution in [0.3, 0.4) is 0 Å². The summed E-state index contributed by atoms with van der Waals surface area (Å²) in [5.41, 5.74) is 1.61. The molecule has 41 heavy (non-hydrogen) atoms. The average molecular weight is 559 g/mol. The average Bonchev–Trinajstić information content (AvgIpc) is 2.99. The van der Waals surface area contributed by atoms with Crippen LogP contribution in [0.2, 0.25) is 0 Å². The maximum atomic E-state index is 12.7. The summed E-state index contributed by atoms with van der Waals surface area (Å²) < 4.78 is 17.3. The fraction of sp³-hybridized carbons (Fsp3) is 0.172. The second-order valence-corrected chi connectivity index (χ2v) is 8.84. The molecule has 0 unspecified atom stereocenters. The van der Waals surface area contributed by atoms with Gasteiger partial charge in [0.15, 0.2) is 11.4 Å². The van der Waals surface area contributed by atoms with Gasteiger partial charge in [0, 0.05) is 12.4 Å². The zero-order chi connectivity index (χ0) is 29.7. The smallest absolute Gasteiger partial charge is 0.360 e. The van der Waals surface area contributed by atoms with Crippen LogP contribution in [-0.2, 0) is 16.1 Å². The quantitative estimate of drug-likeness (QED) is 0.319. The molecule has 0 aliphatic heterocycles. The molecular formula is C29H26N4O8. The predicted molar refractivity (Wildman–Crippen MR) is 148 cm³/mol. The molecule has 0 amide bonds. The monoisotopic (exact) mass is 558 g/mol. The number of aromatic hydroxyl groups is 1. The predicted octanol–water partition coefficient (Wildman–Crippen LogP) is 2.86. The zero-order valence-electron chi connectivity index (χ0n) is 22.7. The maximum Gasteiger partial charge on any atom is 0.360 e. The molecule has 1 aromatic carbocycles. The molecule has 0 saturated heterocycles. The lowest BCUT2D eigenvalue weighted by Gasteiger charge is -2.11. The van der Waals surface area contributed by atoms with Crippen LogP contribution in [0.25, 0.3) is 11.3 Å². The number of aryl methyl sites for hydroxylation is 2. The third kappa shape index (κ3) is 6.06. The molecule has 0 radical (unpaired) electrons. The molecule has 12 nitrogen and oxygen atoms in total. The lowest BCUT2D eigenvalue weighted by molar-refractivity contribution is 0.0580. The van der Waals surface area contributed by atoms with E-state index in [-0.39, 0.29) is 29.4 Å². The van der Waals surface area contributed by atoms with Crippen molar-refractivity contribution in [3.05, 3.63) is 116 Å². The fourth-order valence-corrected chi connectivity index (χ4v) is 3.80. The summed E-state index contributed by atoms with van der Waals surface area (Å²) in [5, 5.41) is 9.59. The largest absolute Gasteiger partial charge is 0.501 e. The molecule has 0 bridgehead atoms. The van der Waals surface area contributed by atoms with E-state index in [0.29, 0.717) is 5.65 Å². The van der Waals surface area contributed by atoms with Gasteiger partial charge in [0.05, 0.1) is 14.2 Å². The number of aromatic nitrogens is 4. The van der Waals surface area contributed by atoms with Crippen LogP contribution < -0.4 is 15.9 Å². The normalized spacial score (nSPS) is 10.5. The molecule has 0 aliphatic carbocycles. The van der Waals surface area contributed by atoms with Gasteiger partial charge in [-0.1, -0.05) is 42.5 Å². The summed E-state index contributed by atoms with van der Waals surface area (Å²) in [6.45, 7) is 3.82. The van der Waals surface area contributed by atoms with Crippen LogP contribution in [0.5, 0.6) is 11.5 Å². The molecule has 1 N–H and O–H groups in total. The van der Waals surface area contributed by atoms with E-state index in [1.54, 1.807) is 31.3 Å². The molecule has 0 aliphatic rings. The molecule has 5 aromatic rings. The van der Waals surface area contributed by atoms with E-state index >= 15 is 0 Å². The van der Waals surface area contributed by atoms with Crippen LogP contribution in [0, 0.1) is 13.8 Å². The Morgan fingerprint density at radius 2 is 1.27 bits per heavy atom. The summed E-state index contributed by atoms with van der Waals surface area (Å²) >= 11 is 0. The molecule has 210 valence electrons. The molecule has 5 rings (SSSR count). The van der Waals surface area contributed by atoms with Crippen LogP contribution in [0.4, 0.5) is 0 Å². The number of hydrogen-bond donors (Lipinski definition) is 1. The molecule has 0 spiro atoms. The number of methoxy groups -OCH3 is 2. The highest BCUT2D eigenvalue weighted by molar-refractivity contribution is 5.91. The van der Waals surface area contributed by atoms with Gasteiger partial charge in [0.1, 0.15) is 17.9 Å². The van der Waals surface area contributed by atoms with Gasteiger partial charge in [-0.3, -0.25) is 18.4 Å². The number of carbonyl (C=O) groups is 2. The second-order valence-electron chi connectivity index (χ2n) is 8.84. The maximum absolute atomic E-state index is 12.7. The first kappa shape index (κ1) is 28.5. The van der Waals surface area contributed by atoms with Crippen LogP contribution in [-0.4, -0.2) is 50.0 Å². The molecule has 0 fully saturated rings. The minimum Gasteiger partial charge on any atom is -0.501 e. The number of carbonyl (C=O) groups excluding carboxylic acids is 2. The molecule has 0 saturated carbocycles. The first-order chi connectivity index (χ1) is 19.6. The van der Waals surface area contributed by atoms with Crippen molar-refractivity contribution < 1.29 is 28.9 Å². The number of benzene rings is 1. The van der Waals surface area contributed by atoms with Crippen molar-refractivity contribution in [2.75, 3.05) is 14.2 Å². The first-order valence-corrected chi connectivity index (χ1v) is 12.2. The van der Waals surface area contributed by atoms with Crippen molar-refractivity contribution in [2.45, 2.75) is 20.5 Å². The van der Waals surface area contributed by atoms with E-state index in [1.807, 2.05) is 43.3 Å². The molecule has 4 aromatic heterocycles. The number of rotatable bonds is 5. The number of hydrogen-bond acceptors (Lipinski definition) is 10. The van der Waals surface area contributed by atoms with Crippen molar-refractivity contribution in [2.24, 2.45) is 0 Å². The minimum absolute atomic E-state index is 0.117. The number of fused-ring (bicyclic) bond motifs is 2. The summed E-state index contributed by atoms with van der Waals surface area (Å²) in [7, 11) is 2.39. The Morgan fingerprint density at radius 3 is 1.83 bits per heavy atom. The Labute approximate surface area is 233 Å². The van der Waals surface area contributed by atoms with Gasteiger partial charge in [0.25, 0.3) is 0 Å². The highest BCUT2D eigenvalue weighted by atomic mass is 16.5. The summed E-state index contributed by atoms with van der Waals surface area (Å²) in [4.78, 5) is 55.9. The van der Waals surface area contributed by atoms with E-state index in [0.717, 1.165) is 23.8 Å². The Hall–Kier alpha value is -5.52. The number of ether oxygens (including phenoxy) is 3. The van der Waals surface area contributed by atoms with Crippen molar-refractivity contribution in [3.8, 4) is 11.5 Å². The van der Waals surface area contributed by atoms with E-state index < -0.39 is 28.8 Å². The zero-order valence-corrected chi connectivity index (χ0v) is 22.7. The second kappa shape index (κ2) is 12.1. The van der Waals surface area contributed by atoms with Gasteiger partial charge in [-0.25, -0.2) is 19.6 Å². The van der Waals surface area contributed by atoms with Gasteiger partial charge in [-0.2, -0.15) is 0 Å². The third-order valence-electron chi connectivity index (χ3n) is 5.86. The highest BCUT2D eigenvalue weighted by Crippen LogP contribution is 2.16. The van der Waals surface area contributed by atoms with E-state index in [9.17, 15) is 24.3 Å². The van der Waals surface area contributed by atoms with Gasteiger partial charge in [-0.05, 0) is 42.7 Å². The Morgan fingerprint density at radius 1 is 0.756 bits per heavy atom. The number of pyridine rings is 2. The molecule has 0 atom stereocenters. The molecular weight excluding hydrogens is 532 g/mol. The van der Waals surface area contributed by atoms with E-state index in [2.05, 4.69) is 14.7 Å². The summed E-state index contributed by atoms with van der Waals surface area (Å²) in [6.07, 6.45) is 3.19. The topological polar surface area (TPSA) is 151 Å². The third-order valence-corrected chi connectivity index (χ3v) is 5.86. The van der Waals surface area contributed by atoms with Gasteiger partial charge in [-0.15, -0.1) is 0 Å². The van der Waals surface area contributed by atoms with Crippen molar-refractivity contribution in [1.82, 2.24) is 18.8 Å². The van der Waals surface area contributed by atoms with Crippen LogP contribution in [0.15, 0.2) is 76.6 Å². The molecule has 12 heteroatoms. The first-order valence-electron chi connectivity index (χ1n) is 12.2. The van der Waals surface area contributed by atoms with E-state index in [1.165, 1.54) is 22.1 Å². The van der Waals surface area contributed by atoms with Gasteiger partial charge >= 0.3 is 23.1 Å². The Kier molecular flexibility index (Phi) is 8.42. The Balaban J connectivity index is 0.000000201. The summed E-state index contributed by atoms with van der Waals surface area (Å²) in [5.74, 6) is -2.38. The highest BCUT2D eigenvalue weighted by Gasteiger charge is 2.22. The minimum atomic E-state index is -0.845. The standard InChI is InChI=1S/C18H16N2O4.C11H10N2O4/c1-12-8-9-14-19-15(18(22)23-2)16(17(21)20(14)10-12)24-11-13-6-4-3-5-7-13;1-6-3-4-7-12-8(11(16)17-2)9(14)10(15)13(7)5-6/h3-10H,11H2,1-2H3;3-5,14H,1-2H3. The Bertz CT molecular complexity index is 1880. The van der Waals surface area contributed by atoms with Crippen LogP contribution >= 0.6 is 0 Å². The lowest BCUT2D eigenvalue weighted by atomic mass is 10.2. The number of esters is 2. The van der Waals surface area contributed by atoms with Crippen molar-refractivity contribution >= 4 is 23.2 Å².